The van der Waals surface area contributed by atoms with Crippen molar-refractivity contribution in [3.63, 3.8) is 0 Å². The lowest BCUT2D eigenvalue weighted by Crippen LogP contribution is -2.42. The van der Waals surface area contributed by atoms with E-state index in [9.17, 15) is 24.9 Å². The number of nitrogens with zero attached hydrogens (tertiary/aromatic N) is 1. The number of phenols is 1. The Morgan fingerprint density at radius 1 is 1.12 bits per heavy atom. The number of aliphatic hydroxyl groups is 2. The lowest BCUT2D eigenvalue weighted by Gasteiger charge is -2.35. The molecule has 184 valence electrons. The van der Waals surface area contributed by atoms with Gasteiger partial charge in [-0.3, -0.25) is 14.5 Å². The molecule has 1 aliphatic heterocycles. The topological polar surface area (TPSA) is 98.1 Å². The highest BCUT2D eigenvalue weighted by Crippen LogP contribution is 2.47. The number of fused-ring (bicyclic) bond motifs is 1. The number of carbonyl (C=O) groups is 2. The molecule has 0 aromatic heterocycles. The average Bonchev–Trinajstić information content (AvgIpc) is 3.08. The van der Waals surface area contributed by atoms with E-state index in [1.54, 1.807) is 12.1 Å². The first-order valence-corrected chi connectivity index (χ1v) is 12.6. The van der Waals surface area contributed by atoms with E-state index >= 15 is 0 Å². The van der Waals surface area contributed by atoms with Crippen LogP contribution in [0.3, 0.4) is 0 Å². The number of likely N-dealkylation sites (tertiary alicyclic amines) is 1. The Morgan fingerprint density at radius 2 is 1.79 bits per heavy atom. The molecule has 0 spiro atoms. The number of aliphatic hydroxyl groups excluding tert-OH is 2. The Labute approximate surface area is 202 Å². The van der Waals surface area contributed by atoms with Gasteiger partial charge in [0.2, 0.25) is 11.8 Å². The molecular formula is C28H37NO5. The monoisotopic (exact) mass is 467 g/mol. The minimum absolute atomic E-state index is 0.0138. The molecule has 1 aromatic rings. The molecule has 0 bridgehead atoms. The van der Waals surface area contributed by atoms with Crippen molar-refractivity contribution in [2.24, 2.45) is 17.8 Å². The third-order valence-corrected chi connectivity index (χ3v) is 7.98. The summed E-state index contributed by atoms with van der Waals surface area (Å²) in [6.07, 6.45) is 7.84. The Balaban J connectivity index is 1.48. The number of phenolic OH excluding ortho intramolecular Hbond substituents is 1. The summed E-state index contributed by atoms with van der Waals surface area (Å²) in [5, 5.41) is 30.9. The maximum Gasteiger partial charge on any atom is 0.234 e. The van der Waals surface area contributed by atoms with E-state index in [0.29, 0.717) is 19.3 Å². The molecule has 3 aliphatic rings. The van der Waals surface area contributed by atoms with Crippen molar-refractivity contribution in [1.82, 2.24) is 4.90 Å². The van der Waals surface area contributed by atoms with Crippen LogP contribution in [0.2, 0.25) is 0 Å². The first kappa shape index (κ1) is 24.7. The summed E-state index contributed by atoms with van der Waals surface area (Å²) in [4.78, 5) is 28.2. The molecule has 4 rings (SSSR count). The quantitative estimate of drug-likeness (QED) is 0.412. The van der Waals surface area contributed by atoms with Gasteiger partial charge in [-0.2, -0.15) is 0 Å². The number of hydrogen-bond acceptors (Lipinski definition) is 5. The predicted molar refractivity (Wildman–Crippen MR) is 131 cm³/mol. The molecule has 1 saturated heterocycles. The van der Waals surface area contributed by atoms with Crippen LogP contribution < -0.4 is 0 Å². The number of amides is 2. The first-order valence-electron chi connectivity index (χ1n) is 12.6. The molecule has 1 aromatic carbocycles. The van der Waals surface area contributed by atoms with Crippen LogP contribution in [0.15, 0.2) is 41.0 Å². The molecule has 34 heavy (non-hydrogen) atoms. The van der Waals surface area contributed by atoms with E-state index < -0.39 is 23.9 Å². The van der Waals surface area contributed by atoms with Gasteiger partial charge in [-0.25, -0.2) is 0 Å². The Kier molecular flexibility index (Phi) is 7.58. The maximum atomic E-state index is 13.4. The molecule has 1 heterocycles. The van der Waals surface area contributed by atoms with Crippen LogP contribution >= 0.6 is 0 Å². The van der Waals surface area contributed by atoms with Crippen molar-refractivity contribution < 1.29 is 24.9 Å². The van der Waals surface area contributed by atoms with Crippen molar-refractivity contribution in [3.8, 4) is 5.75 Å². The number of allylic oxidation sites excluding steroid dienone is 2. The molecule has 6 nitrogen and oxygen atoms in total. The van der Waals surface area contributed by atoms with Gasteiger partial charge in [0.1, 0.15) is 5.75 Å². The fourth-order valence-electron chi connectivity index (χ4n) is 6.29. The summed E-state index contributed by atoms with van der Waals surface area (Å²) in [6.45, 7) is 3.69. The molecule has 0 unspecified atom stereocenters. The summed E-state index contributed by atoms with van der Waals surface area (Å²) in [7, 11) is 0. The van der Waals surface area contributed by atoms with Crippen LogP contribution in [0.5, 0.6) is 5.75 Å². The lowest BCUT2D eigenvalue weighted by molar-refractivity contribution is -0.143. The number of imide groups is 1. The fraction of sp³-hybridized carbons (Fsp3) is 0.571. The second-order valence-electron chi connectivity index (χ2n) is 10.3. The molecule has 4 atom stereocenters. The molecule has 1 saturated carbocycles. The fourth-order valence-corrected chi connectivity index (χ4v) is 6.29. The van der Waals surface area contributed by atoms with Crippen LogP contribution in [0, 0.1) is 17.8 Å². The first-order chi connectivity index (χ1) is 16.3. The number of carbonyl (C=O) groups excluding carboxylic acids is 2. The van der Waals surface area contributed by atoms with Crippen molar-refractivity contribution >= 4 is 17.9 Å². The maximum absolute atomic E-state index is 13.4. The zero-order valence-electron chi connectivity index (χ0n) is 20.2. The van der Waals surface area contributed by atoms with Crippen molar-refractivity contribution in [2.75, 3.05) is 6.61 Å². The van der Waals surface area contributed by atoms with Crippen LogP contribution in [0.25, 0.3) is 6.08 Å². The number of hydrogen-bond donors (Lipinski definition) is 3. The summed E-state index contributed by atoms with van der Waals surface area (Å²) >= 11 is 0. The molecule has 2 amide bonds. The molecule has 3 N–H and O–H groups in total. The van der Waals surface area contributed by atoms with Gasteiger partial charge in [-0.1, -0.05) is 48.6 Å². The SMILES string of the molecule is CC1=C([C@H](O)CC/C(C)=C/c2ccc(O)cc2)[C@H](CO)[C@@H]2C(=O)N(C3CCCCC3)C(=O)[C@@H]2C1. The van der Waals surface area contributed by atoms with E-state index in [0.717, 1.165) is 54.4 Å². The van der Waals surface area contributed by atoms with E-state index in [1.165, 1.54) is 4.90 Å². The van der Waals surface area contributed by atoms with Crippen molar-refractivity contribution in [1.29, 1.82) is 0 Å². The normalized spacial score (nSPS) is 27.4. The second kappa shape index (κ2) is 10.4. The van der Waals surface area contributed by atoms with Gasteiger partial charge in [0.05, 0.1) is 24.5 Å². The summed E-state index contributed by atoms with van der Waals surface area (Å²) in [5.74, 6) is -1.51. The largest absolute Gasteiger partial charge is 0.508 e. The Bertz CT molecular complexity index is 973. The molecule has 0 radical (unpaired) electrons. The molecule has 6 heteroatoms. The van der Waals surface area contributed by atoms with Gasteiger partial charge in [0, 0.05) is 12.0 Å². The molecule has 2 aliphatic carbocycles. The van der Waals surface area contributed by atoms with Crippen LogP contribution in [-0.4, -0.2) is 50.8 Å². The van der Waals surface area contributed by atoms with E-state index in [1.807, 2.05) is 32.1 Å². The minimum atomic E-state index is -0.770. The lowest BCUT2D eigenvalue weighted by atomic mass is 9.68. The smallest absolute Gasteiger partial charge is 0.234 e. The Hall–Kier alpha value is -2.44. The highest BCUT2D eigenvalue weighted by atomic mass is 16.3. The van der Waals surface area contributed by atoms with Crippen molar-refractivity contribution in [3.05, 3.63) is 46.5 Å². The predicted octanol–water partition coefficient (Wildman–Crippen LogP) is 4.20. The van der Waals surface area contributed by atoms with Gasteiger partial charge in [0.25, 0.3) is 0 Å². The summed E-state index contributed by atoms with van der Waals surface area (Å²) in [5.41, 5.74) is 3.74. The number of rotatable bonds is 7. The van der Waals surface area contributed by atoms with E-state index in [-0.39, 0.29) is 30.2 Å². The highest BCUT2D eigenvalue weighted by molar-refractivity contribution is 6.06. The minimum Gasteiger partial charge on any atom is -0.508 e. The van der Waals surface area contributed by atoms with Crippen LogP contribution in [0.1, 0.15) is 70.8 Å². The van der Waals surface area contributed by atoms with E-state index in [4.69, 9.17) is 0 Å². The highest BCUT2D eigenvalue weighted by Gasteiger charge is 2.55. The van der Waals surface area contributed by atoms with Crippen molar-refractivity contribution in [2.45, 2.75) is 77.4 Å². The molecule has 2 fully saturated rings. The number of aromatic hydroxyl groups is 1. The van der Waals surface area contributed by atoms with E-state index in [2.05, 4.69) is 0 Å². The van der Waals surface area contributed by atoms with Crippen LogP contribution in [0.4, 0.5) is 0 Å². The zero-order valence-corrected chi connectivity index (χ0v) is 20.2. The van der Waals surface area contributed by atoms with Gasteiger partial charge in [-0.05, 0) is 69.2 Å². The average molecular weight is 468 g/mol. The zero-order chi connectivity index (χ0) is 24.4. The summed E-state index contributed by atoms with van der Waals surface area (Å²) < 4.78 is 0. The van der Waals surface area contributed by atoms with Gasteiger partial charge >= 0.3 is 0 Å². The van der Waals surface area contributed by atoms with Gasteiger partial charge in [0.15, 0.2) is 0 Å². The Morgan fingerprint density at radius 3 is 2.44 bits per heavy atom. The summed E-state index contributed by atoms with van der Waals surface area (Å²) in [6, 6.07) is 6.95. The van der Waals surface area contributed by atoms with Gasteiger partial charge < -0.3 is 15.3 Å². The standard InChI is InChI=1S/C28H37NO5/c1-17(14-19-9-11-21(31)12-10-19)8-13-24(32)25-18(2)15-22-26(23(25)16-30)28(34)29(27(22)33)20-6-4-3-5-7-20/h9-12,14,20,22-24,26,30-32H,3-8,13,15-16H2,1-2H3/b17-14+/t22-,23+,24-,26-/m1/s1. The number of benzene rings is 1. The molecular weight excluding hydrogens is 430 g/mol. The van der Waals surface area contributed by atoms with Crippen LogP contribution in [-0.2, 0) is 9.59 Å². The second-order valence-corrected chi connectivity index (χ2v) is 10.3. The third-order valence-electron chi connectivity index (χ3n) is 7.98. The van der Waals surface area contributed by atoms with Gasteiger partial charge in [-0.15, -0.1) is 0 Å². The third kappa shape index (κ3) is 4.84.